The van der Waals surface area contributed by atoms with E-state index in [4.69, 9.17) is 0 Å². The van der Waals surface area contributed by atoms with E-state index >= 15 is 0 Å². The number of carbonyl (C=O) groups excluding carboxylic acids is 1. The SMILES string of the molecule is Cc1cc(C)cc(NC(=O)/C(C#N)=C\c2ccc(O)c(I)c2)c1. The Morgan fingerprint density at radius 3 is 2.43 bits per heavy atom. The van der Waals surface area contributed by atoms with Crippen molar-refractivity contribution in [3.05, 3.63) is 62.2 Å². The number of aryl methyl sites for hydroxylation is 2. The second kappa shape index (κ2) is 7.29. The Morgan fingerprint density at radius 1 is 1.22 bits per heavy atom. The molecule has 2 aromatic rings. The van der Waals surface area contributed by atoms with Crippen molar-refractivity contribution in [1.82, 2.24) is 0 Å². The molecule has 0 heterocycles. The van der Waals surface area contributed by atoms with Gasteiger partial charge in [-0.15, -0.1) is 0 Å². The molecule has 0 aliphatic carbocycles. The highest BCUT2D eigenvalue weighted by atomic mass is 127. The Hall–Kier alpha value is -2.33. The summed E-state index contributed by atoms with van der Waals surface area (Å²) in [6.45, 7) is 3.89. The molecule has 0 spiro atoms. The minimum Gasteiger partial charge on any atom is -0.507 e. The zero-order chi connectivity index (χ0) is 17.0. The van der Waals surface area contributed by atoms with E-state index in [0.29, 0.717) is 14.8 Å². The lowest BCUT2D eigenvalue weighted by Crippen LogP contribution is -2.13. The molecular formula is C18H15IN2O2. The minimum atomic E-state index is -0.458. The fourth-order valence-electron chi connectivity index (χ4n) is 2.17. The molecular weight excluding hydrogens is 403 g/mol. The summed E-state index contributed by atoms with van der Waals surface area (Å²) in [4.78, 5) is 12.3. The molecule has 0 aliphatic heterocycles. The van der Waals surface area contributed by atoms with Gasteiger partial charge in [-0.05, 0) is 83.5 Å². The highest BCUT2D eigenvalue weighted by Crippen LogP contribution is 2.22. The minimum absolute atomic E-state index is 0.00523. The Bertz CT molecular complexity index is 815. The average Bonchev–Trinajstić information content (AvgIpc) is 2.47. The topological polar surface area (TPSA) is 73.1 Å². The average molecular weight is 418 g/mol. The molecule has 0 bridgehead atoms. The number of aromatic hydroxyl groups is 1. The van der Waals surface area contributed by atoms with Crippen molar-refractivity contribution in [3.8, 4) is 11.8 Å². The van der Waals surface area contributed by atoms with Crippen molar-refractivity contribution in [2.24, 2.45) is 0 Å². The summed E-state index contributed by atoms with van der Waals surface area (Å²) in [5.74, 6) is -0.290. The molecule has 0 saturated heterocycles. The van der Waals surface area contributed by atoms with Crippen LogP contribution in [0, 0.1) is 28.7 Å². The third-order valence-corrected chi connectivity index (χ3v) is 3.99. The zero-order valence-corrected chi connectivity index (χ0v) is 14.9. The van der Waals surface area contributed by atoms with Crippen LogP contribution in [0.2, 0.25) is 0 Å². The van der Waals surface area contributed by atoms with E-state index in [0.717, 1.165) is 11.1 Å². The predicted molar refractivity (Wildman–Crippen MR) is 99.0 cm³/mol. The van der Waals surface area contributed by atoms with Crippen LogP contribution in [0.25, 0.3) is 6.08 Å². The maximum Gasteiger partial charge on any atom is 0.266 e. The maximum atomic E-state index is 12.3. The standard InChI is InChI=1S/C18H15IN2O2/c1-11-5-12(2)7-15(6-11)21-18(23)14(10-20)8-13-3-4-17(22)16(19)9-13/h3-9,22H,1-2H3,(H,21,23)/b14-8-. The molecule has 0 aliphatic rings. The molecule has 0 radical (unpaired) electrons. The molecule has 2 aromatic carbocycles. The third-order valence-electron chi connectivity index (χ3n) is 3.13. The van der Waals surface area contributed by atoms with Crippen molar-refractivity contribution in [3.63, 3.8) is 0 Å². The molecule has 2 rings (SSSR count). The van der Waals surface area contributed by atoms with Gasteiger partial charge in [-0.25, -0.2) is 0 Å². The van der Waals surface area contributed by atoms with Crippen molar-refractivity contribution >= 4 is 40.3 Å². The number of benzene rings is 2. The van der Waals surface area contributed by atoms with E-state index in [2.05, 4.69) is 5.32 Å². The van der Waals surface area contributed by atoms with E-state index in [1.165, 1.54) is 12.1 Å². The predicted octanol–water partition coefficient (Wildman–Crippen LogP) is 4.16. The summed E-state index contributed by atoms with van der Waals surface area (Å²) in [6, 6.07) is 12.5. The highest BCUT2D eigenvalue weighted by molar-refractivity contribution is 14.1. The Labute approximate surface area is 148 Å². The first-order valence-electron chi connectivity index (χ1n) is 6.89. The molecule has 4 nitrogen and oxygen atoms in total. The number of hydrogen-bond acceptors (Lipinski definition) is 3. The molecule has 0 unspecified atom stereocenters. The van der Waals surface area contributed by atoms with Crippen LogP contribution >= 0.6 is 22.6 Å². The first-order valence-corrected chi connectivity index (χ1v) is 7.97. The van der Waals surface area contributed by atoms with Crippen molar-refractivity contribution in [1.29, 1.82) is 5.26 Å². The highest BCUT2D eigenvalue weighted by Gasteiger charge is 2.10. The van der Waals surface area contributed by atoms with Crippen molar-refractivity contribution in [2.45, 2.75) is 13.8 Å². The third kappa shape index (κ3) is 4.57. The second-order valence-corrected chi connectivity index (χ2v) is 6.37. The molecule has 116 valence electrons. The molecule has 0 atom stereocenters. The van der Waals surface area contributed by atoms with Crippen LogP contribution in [-0.2, 0) is 4.79 Å². The summed E-state index contributed by atoms with van der Waals surface area (Å²) in [5.41, 5.74) is 3.42. The largest absolute Gasteiger partial charge is 0.507 e. The van der Waals surface area contributed by atoms with Gasteiger partial charge >= 0.3 is 0 Å². The fraction of sp³-hybridized carbons (Fsp3) is 0.111. The molecule has 1 amide bonds. The van der Waals surface area contributed by atoms with Crippen LogP contribution in [0.15, 0.2) is 42.0 Å². The second-order valence-electron chi connectivity index (χ2n) is 5.21. The van der Waals surface area contributed by atoms with E-state index in [1.807, 2.05) is 60.7 Å². The lowest BCUT2D eigenvalue weighted by Gasteiger charge is -2.07. The number of hydrogen-bond donors (Lipinski definition) is 2. The lowest BCUT2D eigenvalue weighted by atomic mass is 10.1. The number of nitrogens with zero attached hydrogens (tertiary/aromatic N) is 1. The quantitative estimate of drug-likeness (QED) is 0.447. The van der Waals surface area contributed by atoms with E-state index < -0.39 is 5.91 Å². The Kier molecular flexibility index (Phi) is 5.40. The summed E-state index contributed by atoms with van der Waals surface area (Å²) in [7, 11) is 0. The van der Waals surface area contributed by atoms with Crippen LogP contribution in [0.1, 0.15) is 16.7 Å². The van der Waals surface area contributed by atoms with Crippen LogP contribution < -0.4 is 5.32 Å². The van der Waals surface area contributed by atoms with Gasteiger partial charge in [-0.1, -0.05) is 12.1 Å². The van der Waals surface area contributed by atoms with E-state index in [1.54, 1.807) is 12.1 Å². The van der Waals surface area contributed by atoms with Gasteiger partial charge < -0.3 is 10.4 Å². The Morgan fingerprint density at radius 2 is 1.87 bits per heavy atom. The number of amides is 1. The number of anilines is 1. The molecule has 0 fully saturated rings. The number of phenolic OH excluding ortho intramolecular Hbond substituents is 1. The van der Waals surface area contributed by atoms with Gasteiger partial charge in [-0.2, -0.15) is 5.26 Å². The van der Waals surface area contributed by atoms with Gasteiger partial charge in [0.05, 0.1) is 3.57 Å². The molecule has 0 aromatic heterocycles. The van der Waals surface area contributed by atoms with Crippen LogP contribution in [-0.4, -0.2) is 11.0 Å². The monoisotopic (exact) mass is 418 g/mol. The van der Waals surface area contributed by atoms with Gasteiger partial charge in [0.15, 0.2) is 0 Å². The molecule has 23 heavy (non-hydrogen) atoms. The van der Waals surface area contributed by atoms with Crippen molar-refractivity contribution in [2.75, 3.05) is 5.32 Å². The summed E-state index contributed by atoms with van der Waals surface area (Å²) in [6.07, 6.45) is 1.50. The normalized spacial score (nSPS) is 11.0. The first kappa shape index (κ1) is 17.0. The van der Waals surface area contributed by atoms with Crippen molar-refractivity contribution < 1.29 is 9.90 Å². The summed E-state index contributed by atoms with van der Waals surface area (Å²) >= 11 is 1.99. The van der Waals surface area contributed by atoms with Crippen LogP contribution in [0.3, 0.4) is 0 Å². The van der Waals surface area contributed by atoms with Crippen LogP contribution in [0.5, 0.6) is 5.75 Å². The smallest absolute Gasteiger partial charge is 0.266 e. The van der Waals surface area contributed by atoms with Gasteiger partial charge in [-0.3, -0.25) is 4.79 Å². The number of halogens is 1. The van der Waals surface area contributed by atoms with Gasteiger partial charge in [0.2, 0.25) is 0 Å². The maximum absolute atomic E-state index is 12.3. The zero-order valence-electron chi connectivity index (χ0n) is 12.7. The van der Waals surface area contributed by atoms with E-state index in [-0.39, 0.29) is 11.3 Å². The summed E-state index contributed by atoms with van der Waals surface area (Å²) < 4.78 is 0.656. The van der Waals surface area contributed by atoms with Gasteiger partial charge in [0.25, 0.3) is 5.91 Å². The number of phenols is 1. The van der Waals surface area contributed by atoms with E-state index in [9.17, 15) is 15.2 Å². The number of carbonyl (C=O) groups is 1. The molecule has 5 heteroatoms. The lowest BCUT2D eigenvalue weighted by molar-refractivity contribution is -0.112. The number of rotatable bonds is 3. The number of nitriles is 1. The first-order chi connectivity index (χ1) is 10.9. The fourth-order valence-corrected chi connectivity index (χ4v) is 2.71. The number of nitrogens with one attached hydrogen (secondary N) is 1. The van der Waals surface area contributed by atoms with Gasteiger partial charge in [0.1, 0.15) is 17.4 Å². The molecule has 2 N–H and O–H groups in total. The molecule has 0 saturated carbocycles. The van der Waals surface area contributed by atoms with Gasteiger partial charge in [0, 0.05) is 5.69 Å². The Balaban J connectivity index is 2.26. The van der Waals surface area contributed by atoms with Crippen LogP contribution in [0.4, 0.5) is 5.69 Å². The summed E-state index contributed by atoms with van der Waals surface area (Å²) in [5, 5.41) is 21.5.